The molecule has 0 spiro atoms. The molecule has 0 aliphatic rings. The predicted octanol–water partition coefficient (Wildman–Crippen LogP) is 3.19. The maximum absolute atomic E-state index is 12.4. The summed E-state index contributed by atoms with van der Waals surface area (Å²) in [6.07, 6.45) is -0.366. The van der Waals surface area contributed by atoms with Crippen molar-refractivity contribution in [1.29, 1.82) is 0 Å². The Bertz CT molecular complexity index is 578. The molecule has 0 bridgehead atoms. The van der Waals surface area contributed by atoms with E-state index in [0.717, 1.165) is 10.6 Å². The van der Waals surface area contributed by atoms with Gasteiger partial charge >= 0.3 is 18.2 Å². The maximum atomic E-state index is 12.4. The van der Waals surface area contributed by atoms with Gasteiger partial charge in [0.05, 0.1) is 26.4 Å². The van der Waals surface area contributed by atoms with Crippen molar-refractivity contribution >= 4 is 18.2 Å². The van der Waals surface area contributed by atoms with Gasteiger partial charge in [-0.05, 0) is 32.3 Å². The topological polar surface area (TPSA) is 94.2 Å². The van der Waals surface area contributed by atoms with Gasteiger partial charge in [-0.1, -0.05) is 30.3 Å². The number of methoxy groups -OCH3 is 1. The van der Waals surface area contributed by atoms with Crippen LogP contribution in [0.1, 0.15) is 44.7 Å². The fourth-order valence-electron chi connectivity index (χ4n) is 2.37. The van der Waals surface area contributed by atoms with Crippen molar-refractivity contribution in [3.05, 3.63) is 35.9 Å². The Labute approximate surface area is 153 Å². The molecule has 0 heterocycles. The predicted molar refractivity (Wildman–Crippen MR) is 94.1 cm³/mol. The Morgan fingerprint density at radius 3 is 2.31 bits per heavy atom. The lowest BCUT2D eigenvalue weighted by Gasteiger charge is -2.31. The molecule has 26 heavy (non-hydrogen) atoms. The standard InChI is InChI=1S/C18H26N2O6/c1-4-25-17(22)19-20(18(23)26-5-2)15(12-9-13-16(21)24-3)14-10-7-6-8-11-14/h6-8,10-11,15H,4-5,9,12-13H2,1-3H3,(H,19,22). The molecule has 0 saturated carbocycles. The average Bonchev–Trinajstić information content (AvgIpc) is 2.64. The number of nitrogens with zero attached hydrogens (tertiary/aromatic N) is 1. The molecule has 1 rings (SSSR count). The van der Waals surface area contributed by atoms with Gasteiger partial charge in [0.25, 0.3) is 0 Å². The molecule has 0 fully saturated rings. The number of hydrogen-bond acceptors (Lipinski definition) is 6. The molecule has 1 aromatic rings. The van der Waals surface area contributed by atoms with Crippen molar-refractivity contribution < 1.29 is 28.6 Å². The Morgan fingerprint density at radius 2 is 1.73 bits per heavy atom. The van der Waals surface area contributed by atoms with E-state index in [4.69, 9.17) is 9.47 Å². The third-order valence-corrected chi connectivity index (χ3v) is 3.53. The van der Waals surface area contributed by atoms with Gasteiger partial charge in [-0.15, -0.1) is 0 Å². The van der Waals surface area contributed by atoms with Gasteiger partial charge in [-0.3, -0.25) is 4.79 Å². The van der Waals surface area contributed by atoms with E-state index in [0.29, 0.717) is 12.8 Å². The van der Waals surface area contributed by atoms with Gasteiger partial charge < -0.3 is 14.2 Å². The molecule has 0 aromatic heterocycles. The summed E-state index contributed by atoms with van der Waals surface area (Å²) in [5, 5.41) is 1.11. The molecule has 8 heteroatoms. The van der Waals surface area contributed by atoms with Crippen LogP contribution in [0, 0.1) is 0 Å². The van der Waals surface area contributed by atoms with Crippen LogP contribution in [0.2, 0.25) is 0 Å². The molecule has 8 nitrogen and oxygen atoms in total. The lowest BCUT2D eigenvalue weighted by Crippen LogP contribution is -2.48. The highest BCUT2D eigenvalue weighted by Gasteiger charge is 2.28. The average molecular weight is 366 g/mol. The Kier molecular flexibility index (Phi) is 9.59. The second-order valence-corrected chi connectivity index (χ2v) is 5.30. The Balaban J connectivity index is 3.03. The summed E-state index contributed by atoms with van der Waals surface area (Å²) in [7, 11) is 1.32. The minimum atomic E-state index is -0.755. The first-order valence-electron chi connectivity index (χ1n) is 8.54. The molecule has 144 valence electrons. The van der Waals surface area contributed by atoms with Gasteiger partial charge in [0.15, 0.2) is 0 Å². The van der Waals surface area contributed by atoms with Crippen molar-refractivity contribution in [1.82, 2.24) is 10.4 Å². The summed E-state index contributed by atoms with van der Waals surface area (Å²) in [5.41, 5.74) is 3.23. The van der Waals surface area contributed by atoms with Crippen LogP contribution >= 0.6 is 0 Å². The second-order valence-electron chi connectivity index (χ2n) is 5.30. The first-order valence-corrected chi connectivity index (χ1v) is 8.54. The highest BCUT2D eigenvalue weighted by molar-refractivity contribution is 5.74. The van der Waals surface area contributed by atoms with Crippen molar-refractivity contribution in [3.8, 4) is 0 Å². The van der Waals surface area contributed by atoms with Gasteiger partial charge in [0.1, 0.15) is 0 Å². The van der Waals surface area contributed by atoms with E-state index >= 15 is 0 Å². The summed E-state index contributed by atoms with van der Waals surface area (Å²) in [4.78, 5) is 35.6. The lowest BCUT2D eigenvalue weighted by atomic mass is 10.0. The van der Waals surface area contributed by atoms with Gasteiger partial charge in [0, 0.05) is 6.42 Å². The zero-order valence-corrected chi connectivity index (χ0v) is 15.4. The van der Waals surface area contributed by atoms with Crippen LogP contribution in [-0.2, 0) is 19.0 Å². The number of carbonyl (C=O) groups excluding carboxylic acids is 3. The number of hydrogen-bond donors (Lipinski definition) is 1. The first-order chi connectivity index (χ1) is 12.5. The van der Waals surface area contributed by atoms with Crippen LogP contribution in [0.25, 0.3) is 0 Å². The smallest absolute Gasteiger partial charge is 0.429 e. The number of hydrazine groups is 1. The van der Waals surface area contributed by atoms with E-state index in [2.05, 4.69) is 10.2 Å². The SMILES string of the molecule is CCOC(=O)NN(C(=O)OCC)C(CCCC(=O)OC)c1ccccc1. The lowest BCUT2D eigenvalue weighted by molar-refractivity contribution is -0.140. The quantitative estimate of drug-likeness (QED) is 0.431. The minimum Gasteiger partial charge on any atom is -0.469 e. The third-order valence-electron chi connectivity index (χ3n) is 3.53. The fraction of sp³-hybridized carbons (Fsp3) is 0.500. The highest BCUT2D eigenvalue weighted by atomic mass is 16.6. The molecule has 2 amide bonds. The summed E-state index contributed by atoms with van der Waals surface area (Å²) >= 11 is 0. The summed E-state index contributed by atoms with van der Waals surface area (Å²) in [5.74, 6) is -0.335. The molecular formula is C18H26N2O6. The third kappa shape index (κ3) is 7.00. The second kappa shape index (κ2) is 11.7. The van der Waals surface area contributed by atoms with Crippen LogP contribution in [0.5, 0.6) is 0 Å². The number of benzene rings is 1. The van der Waals surface area contributed by atoms with E-state index < -0.39 is 18.2 Å². The summed E-state index contributed by atoms with van der Waals surface area (Å²) in [6, 6.07) is 8.66. The molecule has 1 N–H and O–H groups in total. The highest BCUT2D eigenvalue weighted by Crippen LogP contribution is 2.26. The van der Waals surface area contributed by atoms with Crippen molar-refractivity contribution in [2.45, 2.75) is 39.2 Å². The van der Waals surface area contributed by atoms with E-state index in [1.807, 2.05) is 30.3 Å². The van der Waals surface area contributed by atoms with Crippen LogP contribution in [-0.4, -0.2) is 43.5 Å². The van der Waals surface area contributed by atoms with Crippen molar-refractivity contribution in [2.75, 3.05) is 20.3 Å². The summed E-state index contributed by atoms with van der Waals surface area (Å²) < 4.78 is 14.6. The largest absolute Gasteiger partial charge is 0.469 e. The van der Waals surface area contributed by atoms with Crippen LogP contribution < -0.4 is 5.43 Å². The maximum Gasteiger partial charge on any atom is 0.429 e. The van der Waals surface area contributed by atoms with Crippen LogP contribution in [0.3, 0.4) is 0 Å². The molecule has 1 aromatic carbocycles. The van der Waals surface area contributed by atoms with Crippen molar-refractivity contribution in [3.63, 3.8) is 0 Å². The molecular weight excluding hydrogens is 340 g/mol. The number of rotatable bonds is 8. The monoisotopic (exact) mass is 366 g/mol. The van der Waals surface area contributed by atoms with E-state index in [-0.39, 0.29) is 25.6 Å². The van der Waals surface area contributed by atoms with E-state index in [9.17, 15) is 14.4 Å². The van der Waals surface area contributed by atoms with Crippen LogP contribution in [0.15, 0.2) is 30.3 Å². The molecule has 0 aliphatic heterocycles. The van der Waals surface area contributed by atoms with Gasteiger partial charge in [0.2, 0.25) is 0 Å². The minimum absolute atomic E-state index is 0.156. The Hall–Kier alpha value is -2.77. The molecule has 0 radical (unpaired) electrons. The number of nitrogens with one attached hydrogen (secondary N) is 1. The van der Waals surface area contributed by atoms with Gasteiger partial charge in [-0.2, -0.15) is 0 Å². The number of carbonyl (C=O) groups is 3. The van der Waals surface area contributed by atoms with E-state index in [1.54, 1.807) is 13.8 Å². The Morgan fingerprint density at radius 1 is 1.08 bits per heavy atom. The zero-order chi connectivity index (χ0) is 19.4. The van der Waals surface area contributed by atoms with Gasteiger partial charge in [-0.25, -0.2) is 20.0 Å². The number of ether oxygens (including phenoxy) is 3. The molecule has 0 saturated heterocycles. The van der Waals surface area contributed by atoms with E-state index in [1.165, 1.54) is 7.11 Å². The number of amides is 2. The molecule has 1 unspecified atom stereocenters. The first kappa shape index (κ1) is 21.3. The van der Waals surface area contributed by atoms with Crippen LogP contribution in [0.4, 0.5) is 9.59 Å². The molecule has 1 atom stereocenters. The zero-order valence-electron chi connectivity index (χ0n) is 15.4. The molecule has 0 aliphatic carbocycles. The number of esters is 1. The summed E-state index contributed by atoms with van der Waals surface area (Å²) in [6.45, 7) is 3.67. The fourth-order valence-corrected chi connectivity index (χ4v) is 2.37. The normalized spacial score (nSPS) is 11.2. The van der Waals surface area contributed by atoms with Crippen molar-refractivity contribution in [2.24, 2.45) is 0 Å².